The number of halogens is 1. The third kappa shape index (κ3) is 3.22. The van der Waals surface area contributed by atoms with Crippen molar-refractivity contribution in [3.05, 3.63) is 95.2 Å². The first kappa shape index (κ1) is 18.4. The molecule has 0 amide bonds. The number of carbonyl (C=O) groups excluding carboxylic acids is 1. The lowest BCUT2D eigenvalue weighted by atomic mass is 10.1. The lowest BCUT2D eigenvalue weighted by Crippen LogP contribution is -2.35. The highest BCUT2D eigenvalue weighted by molar-refractivity contribution is 6.30. The van der Waals surface area contributed by atoms with Crippen molar-refractivity contribution < 1.29 is 19.5 Å². The number of ether oxygens (including phenoxy) is 2. The van der Waals surface area contributed by atoms with Crippen molar-refractivity contribution in [1.82, 2.24) is 5.06 Å². The molecule has 2 heterocycles. The van der Waals surface area contributed by atoms with Crippen LogP contribution in [0.4, 0.5) is 5.69 Å². The Bertz CT molecular complexity index is 1270. The monoisotopic (exact) mass is 418 g/mol. The number of hydroxylamine groups is 2. The highest BCUT2D eigenvalue weighted by Gasteiger charge is 2.33. The van der Waals surface area contributed by atoms with E-state index in [0.717, 1.165) is 15.8 Å². The first-order valence-electron chi connectivity index (χ1n) is 9.21. The first-order chi connectivity index (χ1) is 14.6. The lowest BCUT2D eigenvalue weighted by molar-refractivity contribution is -0.0276. The number of aliphatic imine (C=N–C) groups is 1. The maximum absolute atomic E-state index is 12.7. The molecule has 3 aromatic rings. The molecule has 3 aromatic carbocycles. The van der Waals surface area contributed by atoms with Gasteiger partial charge in [0.05, 0.1) is 11.1 Å². The van der Waals surface area contributed by atoms with Crippen molar-refractivity contribution in [1.29, 1.82) is 0 Å². The highest BCUT2D eigenvalue weighted by Crippen LogP contribution is 2.40. The van der Waals surface area contributed by atoms with Gasteiger partial charge >= 0.3 is 5.97 Å². The number of rotatable bonds is 2. The van der Waals surface area contributed by atoms with Crippen molar-refractivity contribution in [3.63, 3.8) is 0 Å². The number of esters is 1. The normalized spacial score (nSPS) is 17.3. The zero-order valence-electron chi connectivity index (χ0n) is 15.5. The van der Waals surface area contributed by atoms with E-state index in [2.05, 4.69) is 4.99 Å². The molecule has 1 atom stereocenters. The summed E-state index contributed by atoms with van der Waals surface area (Å²) in [4.78, 5) is 17.4. The Balaban J connectivity index is 1.60. The predicted molar refractivity (Wildman–Crippen MR) is 113 cm³/mol. The zero-order valence-corrected chi connectivity index (χ0v) is 16.3. The molecule has 1 unspecified atom stereocenters. The molecule has 0 fully saturated rings. The van der Waals surface area contributed by atoms with Gasteiger partial charge in [-0.15, -0.1) is 0 Å². The van der Waals surface area contributed by atoms with Crippen molar-refractivity contribution in [2.75, 3.05) is 0 Å². The van der Waals surface area contributed by atoms with Crippen LogP contribution in [0, 0.1) is 0 Å². The van der Waals surface area contributed by atoms with Gasteiger partial charge in [-0.25, -0.2) is 14.9 Å². The minimum Gasteiger partial charge on any atom is -0.448 e. The second kappa shape index (κ2) is 7.33. The third-order valence-corrected chi connectivity index (χ3v) is 5.06. The quantitative estimate of drug-likeness (QED) is 0.576. The number of nitrogens with zero attached hydrogens (tertiary/aromatic N) is 2. The van der Waals surface area contributed by atoms with Crippen LogP contribution in [0.25, 0.3) is 10.8 Å². The maximum atomic E-state index is 12.7. The van der Waals surface area contributed by atoms with Gasteiger partial charge in [0.15, 0.2) is 11.6 Å². The zero-order chi connectivity index (χ0) is 20.7. The minimum atomic E-state index is -1.11. The van der Waals surface area contributed by atoms with Gasteiger partial charge in [0.25, 0.3) is 6.29 Å². The Hall–Kier alpha value is -3.61. The van der Waals surface area contributed by atoms with Crippen LogP contribution in [0.1, 0.15) is 10.4 Å². The number of allylic oxidation sites excluding steroid dienone is 2. The molecule has 0 saturated heterocycles. The van der Waals surface area contributed by atoms with Crippen LogP contribution in [0.2, 0.25) is 5.02 Å². The van der Waals surface area contributed by atoms with Gasteiger partial charge in [0, 0.05) is 16.6 Å². The van der Waals surface area contributed by atoms with Crippen LogP contribution in [0.15, 0.2) is 89.6 Å². The average Bonchev–Trinajstić information content (AvgIpc) is 2.91. The van der Waals surface area contributed by atoms with Crippen molar-refractivity contribution >= 4 is 39.9 Å². The molecule has 0 saturated carbocycles. The van der Waals surface area contributed by atoms with Crippen LogP contribution in [0.5, 0.6) is 5.75 Å². The molecule has 2 aliphatic heterocycles. The summed E-state index contributed by atoms with van der Waals surface area (Å²) in [5, 5.41) is 13.5. The van der Waals surface area contributed by atoms with Crippen molar-refractivity contribution in [2.45, 2.75) is 6.29 Å². The smallest absolute Gasteiger partial charge is 0.341 e. The van der Waals surface area contributed by atoms with Crippen LogP contribution < -0.4 is 4.74 Å². The Morgan fingerprint density at radius 3 is 2.87 bits per heavy atom. The van der Waals surface area contributed by atoms with Gasteiger partial charge in [-0.05, 0) is 41.8 Å². The van der Waals surface area contributed by atoms with Gasteiger partial charge in [-0.3, -0.25) is 5.21 Å². The summed E-state index contributed by atoms with van der Waals surface area (Å²) < 4.78 is 11.7. The van der Waals surface area contributed by atoms with Crippen LogP contribution in [-0.2, 0) is 4.74 Å². The largest absolute Gasteiger partial charge is 0.448 e. The molecule has 0 aliphatic carbocycles. The van der Waals surface area contributed by atoms with E-state index >= 15 is 0 Å². The van der Waals surface area contributed by atoms with E-state index in [1.165, 1.54) is 12.3 Å². The number of fused-ring (bicyclic) bond motifs is 4. The maximum Gasteiger partial charge on any atom is 0.341 e. The van der Waals surface area contributed by atoms with Crippen LogP contribution in [0.3, 0.4) is 0 Å². The summed E-state index contributed by atoms with van der Waals surface area (Å²) in [7, 11) is 0. The molecule has 6 nitrogen and oxygen atoms in total. The van der Waals surface area contributed by atoms with E-state index in [4.69, 9.17) is 21.1 Å². The fourth-order valence-electron chi connectivity index (χ4n) is 3.40. The van der Waals surface area contributed by atoms with E-state index in [1.807, 2.05) is 30.3 Å². The van der Waals surface area contributed by atoms with E-state index < -0.39 is 12.3 Å². The molecule has 2 aliphatic rings. The predicted octanol–water partition coefficient (Wildman–Crippen LogP) is 5.24. The molecule has 0 spiro atoms. The Kier molecular flexibility index (Phi) is 4.50. The van der Waals surface area contributed by atoms with Crippen molar-refractivity contribution in [3.8, 4) is 5.75 Å². The molecule has 0 aromatic heterocycles. The summed E-state index contributed by atoms with van der Waals surface area (Å²) in [6, 6.07) is 17.9. The average molecular weight is 419 g/mol. The second-order valence-corrected chi connectivity index (χ2v) is 7.18. The van der Waals surface area contributed by atoms with E-state index in [-0.39, 0.29) is 5.84 Å². The summed E-state index contributed by atoms with van der Waals surface area (Å²) in [6.45, 7) is 0. The molecule has 148 valence electrons. The molecule has 7 heteroatoms. The third-order valence-electron chi connectivity index (χ3n) is 4.82. The lowest BCUT2D eigenvalue weighted by Gasteiger charge is -2.24. The highest BCUT2D eigenvalue weighted by atomic mass is 35.5. The summed E-state index contributed by atoms with van der Waals surface area (Å²) in [5.41, 5.74) is 1.25. The minimum absolute atomic E-state index is 0.219. The molecular formula is C23H15ClN2O4. The SMILES string of the molecule is O=C(OC1Oc2ccc3ccccc3c2N=C2C1=CC=CN2O)c1cccc(Cl)c1. The topological polar surface area (TPSA) is 71.4 Å². The van der Waals surface area contributed by atoms with Gasteiger partial charge in [-0.1, -0.05) is 48.0 Å². The molecule has 0 bridgehead atoms. The number of hydrogen-bond donors (Lipinski definition) is 1. The molecule has 1 N–H and O–H groups in total. The standard InChI is InChI=1S/C23H15ClN2O4/c24-16-7-3-6-15(13-16)22(27)30-23-18-9-4-12-26(28)21(18)25-20-17-8-2-1-5-14(17)10-11-19(20)29-23/h1-13,23,28H. The number of hydrogen-bond acceptors (Lipinski definition) is 6. The summed E-state index contributed by atoms with van der Waals surface area (Å²) >= 11 is 5.99. The molecule has 5 rings (SSSR count). The fraction of sp³-hybridized carbons (Fsp3) is 0.0435. The van der Waals surface area contributed by atoms with E-state index in [1.54, 1.807) is 36.4 Å². The second-order valence-electron chi connectivity index (χ2n) is 6.74. The number of amidine groups is 1. The van der Waals surface area contributed by atoms with Gasteiger partial charge in [0.2, 0.25) is 0 Å². The Morgan fingerprint density at radius 1 is 1.13 bits per heavy atom. The van der Waals surface area contributed by atoms with Crippen LogP contribution in [-0.4, -0.2) is 28.4 Å². The van der Waals surface area contributed by atoms with E-state index in [9.17, 15) is 10.0 Å². The van der Waals surface area contributed by atoms with Crippen LogP contribution >= 0.6 is 11.6 Å². The van der Waals surface area contributed by atoms with E-state index in [0.29, 0.717) is 27.6 Å². The van der Waals surface area contributed by atoms with Crippen molar-refractivity contribution in [2.24, 2.45) is 4.99 Å². The molecule has 30 heavy (non-hydrogen) atoms. The van der Waals surface area contributed by atoms with Gasteiger partial charge < -0.3 is 9.47 Å². The Morgan fingerprint density at radius 2 is 2.00 bits per heavy atom. The van der Waals surface area contributed by atoms with Gasteiger partial charge in [0.1, 0.15) is 5.69 Å². The summed E-state index contributed by atoms with van der Waals surface area (Å²) in [5.74, 6) is 0.0522. The number of benzene rings is 3. The summed E-state index contributed by atoms with van der Waals surface area (Å²) in [6.07, 6.45) is 3.65. The fourth-order valence-corrected chi connectivity index (χ4v) is 3.59. The Labute approximate surface area is 176 Å². The molecule has 0 radical (unpaired) electrons. The number of carbonyl (C=O) groups is 1. The first-order valence-corrected chi connectivity index (χ1v) is 9.58. The molecular weight excluding hydrogens is 404 g/mol. The van der Waals surface area contributed by atoms with Gasteiger partial charge in [-0.2, -0.15) is 0 Å².